The second kappa shape index (κ2) is 14.3. The van der Waals surface area contributed by atoms with Gasteiger partial charge in [-0.1, -0.05) is 83.2 Å². The molecule has 6 heteroatoms. The Bertz CT molecular complexity index is 1220. The highest BCUT2D eigenvalue weighted by molar-refractivity contribution is 7.86. The van der Waals surface area contributed by atoms with Crippen molar-refractivity contribution in [2.24, 2.45) is 46.3 Å². The molecular weight excluding hydrogens is 568 g/mol. The van der Waals surface area contributed by atoms with Gasteiger partial charge in [-0.05, 0) is 117 Å². The van der Waals surface area contributed by atoms with Crippen LogP contribution in [-0.4, -0.2) is 40.9 Å². The number of hydrogen-bond donors (Lipinski definition) is 0. The maximum atomic E-state index is 12.3. The van der Waals surface area contributed by atoms with E-state index in [-0.39, 0.29) is 24.2 Å². The minimum Gasteiger partial charge on any atom is -0.377 e. The number of ether oxygens (including phenoxy) is 2. The Balaban J connectivity index is 1.06. The summed E-state index contributed by atoms with van der Waals surface area (Å²) < 4.78 is 41.7. The molecular formula is C38H60O5S. The van der Waals surface area contributed by atoms with Crippen molar-refractivity contribution in [2.75, 3.05) is 26.4 Å². The fourth-order valence-electron chi connectivity index (χ4n) is 10.1. The molecule has 0 aliphatic heterocycles. The van der Waals surface area contributed by atoms with Crippen molar-refractivity contribution in [1.82, 2.24) is 0 Å². The molecule has 5 nitrogen and oxygen atoms in total. The van der Waals surface area contributed by atoms with E-state index in [0.717, 1.165) is 53.9 Å². The van der Waals surface area contributed by atoms with Gasteiger partial charge in [0.15, 0.2) is 0 Å². The smallest absolute Gasteiger partial charge is 0.297 e. The fraction of sp³-hybridized carbons (Fsp3) is 0.789. The van der Waals surface area contributed by atoms with Gasteiger partial charge in [0.25, 0.3) is 10.1 Å². The van der Waals surface area contributed by atoms with Crippen molar-refractivity contribution in [3.63, 3.8) is 0 Å². The molecule has 248 valence electrons. The summed E-state index contributed by atoms with van der Waals surface area (Å²) >= 11 is 0. The Morgan fingerprint density at radius 1 is 0.886 bits per heavy atom. The highest BCUT2D eigenvalue weighted by Crippen LogP contribution is 2.67. The SMILES string of the molecule is Cc1ccc(S(=O)(=O)OCCOCCO[C@H]2CC[C@@]3(C)C(=CC[C@H]4[C@@H]5CC[C@H]([C@H](C)CCCC(C)C)[C@@]5(C)CC[C@@H]43)C2)cc1. The first-order chi connectivity index (χ1) is 20.9. The fourth-order valence-corrected chi connectivity index (χ4v) is 11.0. The minimum atomic E-state index is -3.75. The van der Waals surface area contributed by atoms with Gasteiger partial charge in [0.2, 0.25) is 0 Å². The summed E-state index contributed by atoms with van der Waals surface area (Å²) in [6, 6.07) is 6.68. The average Bonchev–Trinajstić information content (AvgIpc) is 3.34. The third-order valence-electron chi connectivity index (χ3n) is 12.6. The molecule has 0 radical (unpaired) electrons. The lowest BCUT2D eigenvalue weighted by Gasteiger charge is -2.58. The molecule has 0 bridgehead atoms. The molecule has 0 saturated heterocycles. The maximum absolute atomic E-state index is 12.3. The highest BCUT2D eigenvalue weighted by Gasteiger charge is 2.59. The summed E-state index contributed by atoms with van der Waals surface area (Å²) in [5.41, 5.74) is 3.54. The van der Waals surface area contributed by atoms with Crippen LogP contribution in [0.1, 0.15) is 111 Å². The van der Waals surface area contributed by atoms with Crippen LogP contribution < -0.4 is 0 Å². The van der Waals surface area contributed by atoms with Gasteiger partial charge in [0.1, 0.15) is 0 Å². The number of benzene rings is 1. The van der Waals surface area contributed by atoms with Gasteiger partial charge in [-0.2, -0.15) is 8.42 Å². The lowest BCUT2D eigenvalue weighted by atomic mass is 9.47. The molecule has 4 aliphatic carbocycles. The number of hydrogen-bond acceptors (Lipinski definition) is 5. The molecule has 0 aromatic heterocycles. The lowest BCUT2D eigenvalue weighted by molar-refractivity contribution is -0.0681. The van der Waals surface area contributed by atoms with Crippen LogP contribution in [0.4, 0.5) is 0 Å². The van der Waals surface area contributed by atoms with Gasteiger partial charge in [0, 0.05) is 0 Å². The van der Waals surface area contributed by atoms with E-state index in [1.54, 1.807) is 29.8 Å². The van der Waals surface area contributed by atoms with Crippen LogP contribution in [0.15, 0.2) is 40.8 Å². The van der Waals surface area contributed by atoms with Crippen LogP contribution >= 0.6 is 0 Å². The van der Waals surface area contributed by atoms with Crippen molar-refractivity contribution in [3.8, 4) is 0 Å². The molecule has 1 aromatic carbocycles. The van der Waals surface area contributed by atoms with E-state index in [1.807, 2.05) is 6.92 Å². The van der Waals surface area contributed by atoms with Gasteiger partial charge in [0.05, 0.1) is 37.4 Å². The predicted molar refractivity (Wildman–Crippen MR) is 178 cm³/mol. The standard InChI is InChI=1S/C38H60O5S/c1-27(2)8-7-9-29(4)34-16-17-35-33-15-12-30-26-31(18-20-37(30,5)36(33)19-21-38(34,35)6)42-24-22-41-23-25-43-44(39,40)32-13-10-28(3)11-14-32/h10-14,27,29,31,33-36H,7-9,15-26H2,1-6H3/t29-,31+,33+,34-,35+,36+,37+,38-/m1/s1. The van der Waals surface area contributed by atoms with E-state index in [0.29, 0.717) is 24.0 Å². The molecule has 0 heterocycles. The Morgan fingerprint density at radius 3 is 2.39 bits per heavy atom. The summed E-state index contributed by atoms with van der Waals surface area (Å²) in [5.74, 6) is 5.19. The van der Waals surface area contributed by atoms with E-state index in [4.69, 9.17) is 13.7 Å². The number of rotatable bonds is 14. The number of fused-ring (bicyclic) bond motifs is 5. The molecule has 0 unspecified atom stereocenters. The van der Waals surface area contributed by atoms with Crippen molar-refractivity contribution in [3.05, 3.63) is 41.5 Å². The summed E-state index contributed by atoms with van der Waals surface area (Å²) in [6.45, 7) is 15.7. The van der Waals surface area contributed by atoms with Gasteiger partial charge in [-0.15, -0.1) is 0 Å². The van der Waals surface area contributed by atoms with Crippen molar-refractivity contribution in [2.45, 2.75) is 123 Å². The maximum Gasteiger partial charge on any atom is 0.297 e. The first-order valence-corrected chi connectivity index (χ1v) is 19.2. The molecule has 0 N–H and O–H groups in total. The predicted octanol–water partition coefficient (Wildman–Crippen LogP) is 9.14. The van der Waals surface area contributed by atoms with E-state index in [2.05, 4.69) is 40.7 Å². The highest BCUT2D eigenvalue weighted by atomic mass is 32.2. The molecule has 3 fully saturated rings. The zero-order valence-corrected chi connectivity index (χ0v) is 29.3. The lowest BCUT2D eigenvalue weighted by Crippen LogP contribution is -2.51. The average molecular weight is 629 g/mol. The Hall–Kier alpha value is -1.21. The second-order valence-corrected chi connectivity index (χ2v) is 17.3. The molecule has 3 saturated carbocycles. The van der Waals surface area contributed by atoms with Gasteiger partial charge >= 0.3 is 0 Å². The van der Waals surface area contributed by atoms with Crippen LogP contribution in [0, 0.1) is 53.3 Å². The summed E-state index contributed by atoms with van der Waals surface area (Å²) in [7, 11) is -3.75. The van der Waals surface area contributed by atoms with Crippen LogP contribution in [-0.2, 0) is 23.8 Å². The summed E-state index contributed by atoms with van der Waals surface area (Å²) in [4.78, 5) is 0.177. The number of allylic oxidation sites excluding steroid dienone is 1. The first kappa shape index (κ1) is 34.1. The van der Waals surface area contributed by atoms with E-state index >= 15 is 0 Å². The summed E-state index contributed by atoms with van der Waals surface area (Å²) in [6.07, 6.45) is 17.5. The Morgan fingerprint density at radius 2 is 1.64 bits per heavy atom. The largest absolute Gasteiger partial charge is 0.377 e. The first-order valence-electron chi connectivity index (χ1n) is 17.8. The van der Waals surface area contributed by atoms with Crippen LogP contribution in [0.5, 0.6) is 0 Å². The zero-order chi connectivity index (χ0) is 31.5. The van der Waals surface area contributed by atoms with Gasteiger partial charge in [-0.3, -0.25) is 4.18 Å². The Labute approximate surface area is 269 Å². The topological polar surface area (TPSA) is 61.8 Å². The normalized spacial score (nSPS) is 34.2. The molecule has 5 rings (SSSR count). The molecule has 1 aromatic rings. The molecule has 0 spiro atoms. The van der Waals surface area contributed by atoms with Gasteiger partial charge < -0.3 is 9.47 Å². The number of aryl methyl sites for hydroxylation is 1. The quantitative estimate of drug-likeness (QED) is 0.117. The van der Waals surface area contributed by atoms with Crippen molar-refractivity contribution >= 4 is 10.1 Å². The van der Waals surface area contributed by atoms with E-state index < -0.39 is 10.1 Å². The monoisotopic (exact) mass is 628 g/mol. The van der Waals surface area contributed by atoms with Crippen LogP contribution in [0.2, 0.25) is 0 Å². The van der Waals surface area contributed by atoms with Crippen molar-refractivity contribution in [1.29, 1.82) is 0 Å². The molecule has 44 heavy (non-hydrogen) atoms. The zero-order valence-electron chi connectivity index (χ0n) is 28.5. The summed E-state index contributed by atoms with van der Waals surface area (Å²) in [5, 5.41) is 0. The van der Waals surface area contributed by atoms with Crippen LogP contribution in [0.3, 0.4) is 0 Å². The van der Waals surface area contributed by atoms with E-state index in [9.17, 15) is 8.42 Å². The minimum absolute atomic E-state index is 0.00523. The van der Waals surface area contributed by atoms with E-state index in [1.165, 1.54) is 57.8 Å². The molecule has 8 atom stereocenters. The molecule has 4 aliphatic rings. The molecule has 0 amide bonds. The second-order valence-electron chi connectivity index (χ2n) is 15.7. The van der Waals surface area contributed by atoms with Crippen molar-refractivity contribution < 1.29 is 22.1 Å². The van der Waals surface area contributed by atoms with Crippen LogP contribution in [0.25, 0.3) is 0 Å². The Kier molecular flexibility index (Phi) is 11.1. The third kappa shape index (κ3) is 7.34. The third-order valence-corrected chi connectivity index (χ3v) is 13.9. The van der Waals surface area contributed by atoms with Gasteiger partial charge in [-0.25, -0.2) is 0 Å².